The Balaban J connectivity index is 1.65. The van der Waals surface area contributed by atoms with E-state index in [0.29, 0.717) is 22.3 Å². The molecule has 0 radical (unpaired) electrons. The van der Waals surface area contributed by atoms with Crippen molar-refractivity contribution in [3.8, 4) is 0 Å². The molecule has 0 unspecified atom stereocenters. The molecular formula is C22H24N4O7. The van der Waals surface area contributed by atoms with E-state index in [2.05, 4.69) is 25.8 Å². The SMILES string of the molecule is COC(=O)c1ccc(/C=N\NC(=O)COCC(=O)N/N=C\c2ccc([C@H](O)OC)cc2)cc1. The Kier molecular flexibility index (Phi) is 10.3. The highest BCUT2D eigenvalue weighted by Crippen LogP contribution is 2.13. The normalized spacial score (nSPS) is 12.0. The van der Waals surface area contributed by atoms with Crippen molar-refractivity contribution in [2.45, 2.75) is 6.29 Å². The molecule has 0 aromatic heterocycles. The Hall–Kier alpha value is -3.93. The van der Waals surface area contributed by atoms with E-state index < -0.39 is 24.1 Å². The predicted octanol–water partition coefficient (Wildman–Crippen LogP) is 0.728. The fraction of sp³-hybridized carbons (Fsp3) is 0.227. The molecule has 0 heterocycles. The van der Waals surface area contributed by atoms with Crippen molar-refractivity contribution in [2.24, 2.45) is 10.2 Å². The van der Waals surface area contributed by atoms with E-state index in [4.69, 9.17) is 9.47 Å². The van der Waals surface area contributed by atoms with E-state index in [9.17, 15) is 19.5 Å². The molecule has 2 amide bonds. The summed E-state index contributed by atoms with van der Waals surface area (Å²) in [5, 5.41) is 17.1. The Labute approximate surface area is 190 Å². The van der Waals surface area contributed by atoms with Gasteiger partial charge in [0.15, 0.2) is 6.29 Å². The number of rotatable bonds is 11. The lowest BCUT2D eigenvalue weighted by atomic mass is 10.1. The predicted molar refractivity (Wildman–Crippen MR) is 118 cm³/mol. The second-order valence-electron chi connectivity index (χ2n) is 6.45. The number of nitrogens with one attached hydrogen (secondary N) is 2. The lowest BCUT2D eigenvalue weighted by molar-refractivity contribution is -0.130. The zero-order valence-corrected chi connectivity index (χ0v) is 18.1. The summed E-state index contributed by atoms with van der Waals surface area (Å²) in [6.45, 7) is -0.749. The summed E-state index contributed by atoms with van der Waals surface area (Å²) in [4.78, 5) is 34.8. The van der Waals surface area contributed by atoms with E-state index in [1.807, 2.05) is 0 Å². The molecule has 0 spiro atoms. The summed E-state index contributed by atoms with van der Waals surface area (Å²) in [6.07, 6.45) is 1.80. The van der Waals surface area contributed by atoms with Crippen LogP contribution in [0.5, 0.6) is 0 Å². The number of carbonyl (C=O) groups excluding carboxylic acids is 3. The first-order valence-corrected chi connectivity index (χ1v) is 9.63. The quantitative estimate of drug-likeness (QED) is 0.195. The molecule has 0 aliphatic rings. The van der Waals surface area contributed by atoms with Crippen molar-refractivity contribution in [3.63, 3.8) is 0 Å². The molecule has 11 nitrogen and oxygen atoms in total. The molecule has 0 aliphatic heterocycles. The largest absolute Gasteiger partial charge is 0.465 e. The van der Waals surface area contributed by atoms with Gasteiger partial charge in [-0.25, -0.2) is 15.6 Å². The minimum atomic E-state index is -1.00. The number of nitrogens with zero attached hydrogens (tertiary/aromatic N) is 2. The second-order valence-corrected chi connectivity index (χ2v) is 6.45. The molecule has 2 aromatic carbocycles. The van der Waals surface area contributed by atoms with Crippen molar-refractivity contribution in [2.75, 3.05) is 27.4 Å². The van der Waals surface area contributed by atoms with Crippen LogP contribution in [0.1, 0.15) is 33.3 Å². The Bertz CT molecular complexity index is 989. The van der Waals surface area contributed by atoms with Crippen LogP contribution in [0, 0.1) is 0 Å². The van der Waals surface area contributed by atoms with Crippen molar-refractivity contribution in [3.05, 3.63) is 70.8 Å². The van der Waals surface area contributed by atoms with Gasteiger partial charge in [0, 0.05) is 12.7 Å². The number of esters is 1. The fourth-order valence-corrected chi connectivity index (χ4v) is 2.36. The lowest BCUT2D eigenvalue weighted by Gasteiger charge is -2.08. The van der Waals surface area contributed by atoms with Crippen LogP contribution in [0.2, 0.25) is 0 Å². The summed E-state index contributed by atoms with van der Waals surface area (Å²) in [6, 6.07) is 13.1. The number of aliphatic hydroxyl groups is 1. The first-order valence-electron chi connectivity index (χ1n) is 9.63. The van der Waals surface area contributed by atoms with Gasteiger partial charge >= 0.3 is 5.97 Å². The molecule has 0 bridgehead atoms. The first-order chi connectivity index (χ1) is 15.9. The van der Waals surface area contributed by atoms with E-state index in [1.165, 1.54) is 26.6 Å². The van der Waals surface area contributed by atoms with E-state index in [0.717, 1.165) is 0 Å². The molecular weight excluding hydrogens is 432 g/mol. The van der Waals surface area contributed by atoms with Crippen molar-refractivity contribution < 1.29 is 33.7 Å². The molecule has 3 N–H and O–H groups in total. The second kappa shape index (κ2) is 13.5. The summed E-state index contributed by atoms with van der Waals surface area (Å²) in [5.41, 5.74) is 6.87. The van der Waals surface area contributed by atoms with Gasteiger partial charge in [-0.3, -0.25) is 9.59 Å². The van der Waals surface area contributed by atoms with Crippen LogP contribution in [-0.2, 0) is 23.8 Å². The van der Waals surface area contributed by atoms with Gasteiger partial charge in [-0.05, 0) is 23.3 Å². The number of amides is 2. The van der Waals surface area contributed by atoms with Gasteiger partial charge in [-0.2, -0.15) is 10.2 Å². The number of hydrazone groups is 2. The van der Waals surface area contributed by atoms with Crippen molar-refractivity contribution in [1.29, 1.82) is 0 Å². The van der Waals surface area contributed by atoms with Gasteiger partial charge in [0.05, 0.1) is 25.1 Å². The summed E-state index contributed by atoms with van der Waals surface area (Å²) in [5.74, 6) is -1.54. The molecule has 0 aliphatic carbocycles. The molecule has 0 saturated heterocycles. The lowest BCUT2D eigenvalue weighted by Crippen LogP contribution is -2.28. The van der Waals surface area contributed by atoms with Crippen LogP contribution in [0.4, 0.5) is 0 Å². The third-order valence-electron chi connectivity index (χ3n) is 4.05. The maximum Gasteiger partial charge on any atom is 0.337 e. The molecule has 11 heteroatoms. The Morgan fingerprint density at radius 3 is 1.82 bits per heavy atom. The maximum absolute atomic E-state index is 11.7. The zero-order chi connectivity index (χ0) is 24.1. The van der Waals surface area contributed by atoms with Crippen molar-refractivity contribution >= 4 is 30.2 Å². The van der Waals surface area contributed by atoms with Crippen LogP contribution < -0.4 is 10.9 Å². The summed E-state index contributed by atoms with van der Waals surface area (Å²) in [7, 11) is 2.69. The average Bonchev–Trinajstić information content (AvgIpc) is 2.84. The number of hydrogen-bond acceptors (Lipinski definition) is 9. The molecule has 2 rings (SSSR count). The van der Waals surface area contributed by atoms with Crippen LogP contribution >= 0.6 is 0 Å². The van der Waals surface area contributed by atoms with Crippen LogP contribution in [0.3, 0.4) is 0 Å². The minimum Gasteiger partial charge on any atom is -0.465 e. The molecule has 2 aromatic rings. The zero-order valence-electron chi connectivity index (χ0n) is 18.1. The minimum absolute atomic E-state index is 0.373. The van der Waals surface area contributed by atoms with E-state index in [1.54, 1.807) is 48.5 Å². The highest BCUT2D eigenvalue weighted by Gasteiger charge is 2.06. The third-order valence-corrected chi connectivity index (χ3v) is 4.05. The van der Waals surface area contributed by atoms with Gasteiger partial charge in [0.2, 0.25) is 0 Å². The summed E-state index contributed by atoms with van der Waals surface area (Å²) >= 11 is 0. The van der Waals surface area contributed by atoms with Crippen LogP contribution in [0.25, 0.3) is 0 Å². The van der Waals surface area contributed by atoms with Gasteiger partial charge in [-0.15, -0.1) is 0 Å². The monoisotopic (exact) mass is 456 g/mol. The summed E-state index contributed by atoms with van der Waals surface area (Å²) < 4.78 is 14.4. The first kappa shape index (κ1) is 25.3. The highest BCUT2D eigenvalue weighted by atomic mass is 16.6. The number of carbonyl (C=O) groups is 3. The molecule has 33 heavy (non-hydrogen) atoms. The number of ether oxygens (including phenoxy) is 3. The standard InChI is InChI=1S/C22H24N4O7/c1-31-21(29)17-7-3-15(4-8-17)11-23-25-19(27)13-33-14-20(28)26-24-12-16-5-9-18(10-6-16)22(30)32-2/h3-12,21,29H,13-14H2,1-2H3,(H,25,27)(H,26,28)/b23-11-,24-12-/t21-/m1/s1. The maximum atomic E-state index is 11.7. The Morgan fingerprint density at radius 1 is 0.879 bits per heavy atom. The van der Waals surface area contributed by atoms with Gasteiger partial charge in [0.1, 0.15) is 13.2 Å². The van der Waals surface area contributed by atoms with E-state index in [-0.39, 0.29) is 13.2 Å². The van der Waals surface area contributed by atoms with Crippen LogP contribution in [0.15, 0.2) is 58.7 Å². The van der Waals surface area contributed by atoms with Gasteiger partial charge < -0.3 is 19.3 Å². The van der Waals surface area contributed by atoms with E-state index >= 15 is 0 Å². The highest BCUT2D eigenvalue weighted by molar-refractivity contribution is 5.91. The fourth-order valence-electron chi connectivity index (χ4n) is 2.36. The average molecular weight is 456 g/mol. The molecule has 174 valence electrons. The number of methoxy groups -OCH3 is 2. The number of benzene rings is 2. The van der Waals surface area contributed by atoms with Gasteiger partial charge in [0.25, 0.3) is 11.8 Å². The smallest absolute Gasteiger partial charge is 0.337 e. The Morgan fingerprint density at radius 2 is 1.36 bits per heavy atom. The molecule has 0 saturated carbocycles. The van der Waals surface area contributed by atoms with Crippen LogP contribution in [-0.4, -0.2) is 62.8 Å². The van der Waals surface area contributed by atoms with Crippen molar-refractivity contribution in [1.82, 2.24) is 10.9 Å². The van der Waals surface area contributed by atoms with Gasteiger partial charge in [-0.1, -0.05) is 36.4 Å². The topological polar surface area (TPSA) is 148 Å². The molecule has 0 fully saturated rings. The number of hydrogen-bond donors (Lipinski definition) is 3. The molecule has 1 atom stereocenters. The third kappa shape index (κ3) is 8.99. The number of aliphatic hydroxyl groups excluding tert-OH is 1.